The second kappa shape index (κ2) is 5.22. The molecular weight excluding hydrogens is 248 g/mol. The number of halogens is 1. The summed E-state index contributed by atoms with van der Waals surface area (Å²) in [5, 5.41) is 5.18. The molecule has 1 atom stereocenters. The predicted octanol–water partition coefficient (Wildman–Crippen LogP) is 2.94. The van der Waals surface area contributed by atoms with Crippen molar-refractivity contribution in [3.63, 3.8) is 0 Å². The van der Waals surface area contributed by atoms with E-state index < -0.39 is 0 Å². The van der Waals surface area contributed by atoms with Crippen molar-refractivity contribution in [3.8, 4) is 0 Å². The average Bonchev–Trinajstić information content (AvgIpc) is 2.66. The number of benzene rings is 1. The van der Waals surface area contributed by atoms with Gasteiger partial charge in [-0.2, -0.15) is 0 Å². The highest BCUT2D eigenvalue weighted by Gasteiger charge is 2.16. The summed E-state index contributed by atoms with van der Waals surface area (Å²) in [6, 6.07) is 9.87. The van der Waals surface area contributed by atoms with Crippen molar-refractivity contribution in [1.29, 1.82) is 0 Å². The Labute approximate surface area is 111 Å². The highest BCUT2D eigenvalue weighted by Crippen LogP contribution is 2.22. The van der Waals surface area contributed by atoms with Crippen LogP contribution in [0.1, 0.15) is 18.2 Å². The molecule has 1 aliphatic rings. The molecule has 2 heterocycles. The minimum atomic E-state index is 0.0379. The van der Waals surface area contributed by atoms with Gasteiger partial charge in [0, 0.05) is 23.6 Å². The number of hydrogen-bond acceptors (Lipinski definition) is 3. The molecule has 1 aromatic carbocycles. The summed E-state index contributed by atoms with van der Waals surface area (Å²) < 4.78 is 5.81. The lowest BCUT2D eigenvalue weighted by molar-refractivity contribution is 0.0641. The lowest BCUT2D eigenvalue weighted by Crippen LogP contribution is -2.20. The summed E-state index contributed by atoms with van der Waals surface area (Å²) in [7, 11) is 0. The number of fused-ring (bicyclic) bond motifs is 1. The lowest BCUT2D eigenvalue weighted by Gasteiger charge is -2.14. The molecule has 4 heteroatoms. The van der Waals surface area contributed by atoms with Crippen LogP contribution in [0.25, 0.3) is 10.9 Å². The van der Waals surface area contributed by atoms with Crippen molar-refractivity contribution >= 4 is 22.5 Å². The average molecular weight is 263 g/mol. The fourth-order valence-corrected chi connectivity index (χ4v) is 2.36. The second-order valence-electron chi connectivity index (χ2n) is 4.49. The Bertz CT molecular complexity index is 550. The fourth-order valence-electron chi connectivity index (χ4n) is 2.19. The van der Waals surface area contributed by atoms with Gasteiger partial charge in [-0.3, -0.25) is 0 Å². The first-order valence-electron chi connectivity index (χ1n) is 6.21. The first kappa shape index (κ1) is 11.9. The number of rotatable bonds is 1. The quantitative estimate of drug-likeness (QED) is 0.858. The van der Waals surface area contributed by atoms with E-state index in [9.17, 15) is 0 Å². The summed E-state index contributed by atoms with van der Waals surface area (Å²) in [6.45, 7) is 2.61. The zero-order valence-electron chi connectivity index (χ0n) is 10.0. The molecule has 1 unspecified atom stereocenters. The Hall–Kier alpha value is -1.16. The maximum absolute atomic E-state index is 6.00. The number of aromatic nitrogens is 1. The SMILES string of the molecule is Clc1ccc2ccc(C3CNCCCO3)nc2c1. The van der Waals surface area contributed by atoms with E-state index in [-0.39, 0.29) is 6.10 Å². The molecule has 1 aromatic heterocycles. The fraction of sp³-hybridized carbons (Fsp3) is 0.357. The van der Waals surface area contributed by atoms with Gasteiger partial charge in [0.1, 0.15) is 6.10 Å². The molecule has 1 fully saturated rings. The molecule has 2 aromatic rings. The summed E-state index contributed by atoms with van der Waals surface area (Å²) in [6.07, 6.45) is 1.09. The highest BCUT2D eigenvalue weighted by molar-refractivity contribution is 6.31. The first-order chi connectivity index (χ1) is 8.83. The Morgan fingerprint density at radius 3 is 3.11 bits per heavy atom. The number of hydrogen-bond donors (Lipinski definition) is 1. The second-order valence-corrected chi connectivity index (χ2v) is 4.93. The molecule has 0 amide bonds. The van der Waals surface area contributed by atoms with E-state index in [0.29, 0.717) is 5.02 Å². The first-order valence-corrected chi connectivity index (χ1v) is 6.59. The molecule has 94 valence electrons. The summed E-state index contributed by atoms with van der Waals surface area (Å²) in [5.41, 5.74) is 1.90. The van der Waals surface area contributed by atoms with Crippen molar-refractivity contribution in [2.45, 2.75) is 12.5 Å². The van der Waals surface area contributed by atoms with Crippen LogP contribution in [0.4, 0.5) is 0 Å². The third-order valence-electron chi connectivity index (χ3n) is 3.15. The third-order valence-corrected chi connectivity index (χ3v) is 3.39. The van der Waals surface area contributed by atoms with Crippen LogP contribution in [-0.4, -0.2) is 24.7 Å². The van der Waals surface area contributed by atoms with Crippen LogP contribution in [0.5, 0.6) is 0 Å². The smallest absolute Gasteiger partial charge is 0.112 e. The van der Waals surface area contributed by atoms with Gasteiger partial charge >= 0.3 is 0 Å². The largest absolute Gasteiger partial charge is 0.371 e. The normalized spacial score (nSPS) is 20.8. The van der Waals surface area contributed by atoms with E-state index in [1.54, 1.807) is 0 Å². The van der Waals surface area contributed by atoms with Crippen molar-refractivity contribution in [1.82, 2.24) is 10.3 Å². The molecule has 3 rings (SSSR count). The standard InChI is InChI=1S/C14H15ClN2O/c15-11-4-2-10-3-5-12(17-13(10)8-11)14-9-16-6-1-7-18-14/h2-5,8,14,16H,1,6-7,9H2. The molecule has 0 radical (unpaired) electrons. The van der Waals surface area contributed by atoms with Crippen molar-refractivity contribution in [3.05, 3.63) is 41.0 Å². The maximum Gasteiger partial charge on any atom is 0.112 e. The van der Waals surface area contributed by atoms with Gasteiger partial charge < -0.3 is 10.1 Å². The monoisotopic (exact) mass is 262 g/mol. The minimum Gasteiger partial charge on any atom is -0.371 e. The number of pyridine rings is 1. The Kier molecular flexibility index (Phi) is 3.46. The van der Waals surface area contributed by atoms with Crippen LogP contribution in [0.15, 0.2) is 30.3 Å². The Balaban J connectivity index is 1.96. The van der Waals surface area contributed by atoms with Crippen molar-refractivity contribution < 1.29 is 4.74 Å². The molecule has 3 nitrogen and oxygen atoms in total. The van der Waals surface area contributed by atoms with Gasteiger partial charge in [0.15, 0.2) is 0 Å². The molecular formula is C14H15ClN2O. The van der Waals surface area contributed by atoms with Gasteiger partial charge in [0.05, 0.1) is 11.2 Å². The van der Waals surface area contributed by atoms with E-state index in [2.05, 4.69) is 16.4 Å². The predicted molar refractivity (Wildman–Crippen MR) is 72.9 cm³/mol. The van der Waals surface area contributed by atoms with E-state index in [0.717, 1.165) is 42.7 Å². The van der Waals surface area contributed by atoms with Crippen LogP contribution in [0.2, 0.25) is 5.02 Å². The number of nitrogens with one attached hydrogen (secondary N) is 1. The molecule has 0 saturated carbocycles. The van der Waals surface area contributed by atoms with E-state index in [1.807, 2.05) is 24.3 Å². The van der Waals surface area contributed by atoms with Crippen LogP contribution < -0.4 is 5.32 Å². The summed E-state index contributed by atoms with van der Waals surface area (Å²) >= 11 is 6.00. The summed E-state index contributed by atoms with van der Waals surface area (Å²) in [5.74, 6) is 0. The topological polar surface area (TPSA) is 34.1 Å². The molecule has 1 saturated heterocycles. The molecule has 1 aliphatic heterocycles. The van der Waals surface area contributed by atoms with Crippen molar-refractivity contribution in [2.75, 3.05) is 19.7 Å². The molecule has 1 N–H and O–H groups in total. The van der Waals surface area contributed by atoms with E-state index >= 15 is 0 Å². The minimum absolute atomic E-state index is 0.0379. The Morgan fingerprint density at radius 2 is 2.17 bits per heavy atom. The number of ether oxygens (including phenoxy) is 1. The van der Waals surface area contributed by atoms with Gasteiger partial charge in [-0.15, -0.1) is 0 Å². The zero-order chi connectivity index (χ0) is 12.4. The van der Waals surface area contributed by atoms with Crippen LogP contribution >= 0.6 is 11.6 Å². The molecule has 0 spiro atoms. The highest BCUT2D eigenvalue weighted by atomic mass is 35.5. The van der Waals surface area contributed by atoms with Crippen LogP contribution in [0, 0.1) is 0 Å². The van der Waals surface area contributed by atoms with Crippen molar-refractivity contribution in [2.24, 2.45) is 0 Å². The zero-order valence-corrected chi connectivity index (χ0v) is 10.8. The van der Waals surface area contributed by atoms with Gasteiger partial charge in [-0.05, 0) is 31.2 Å². The van der Waals surface area contributed by atoms with Crippen LogP contribution in [-0.2, 0) is 4.74 Å². The van der Waals surface area contributed by atoms with Gasteiger partial charge in [0.2, 0.25) is 0 Å². The van der Waals surface area contributed by atoms with E-state index in [4.69, 9.17) is 16.3 Å². The maximum atomic E-state index is 6.00. The summed E-state index contributed by atoms with van der Waals surface area (Å²) in [4.78, 5) is 4.65. The van der Waals surface area contributed by atoms with Gasteiger partial charge in [-0.1, -0.05) is 23.7 Å². The van der Waals surface area contributed by atoms with Gasteiger partial charge in [0.25, 0.3) is 0 Å². The molecule has 18 heavy (non-hydrogen) atoms. The number of nitrogens with zero attached hydrogens (tertiary/aromatic N) is 1. The van der Waals surface area contributed by atoms with E-state index in [1.165, 1.54) is 0 Å². The molecule has 0 aliphatic carbocycles. The molecule has 0 bridgehead atoms. The van der Waals surface area contributed by atoms with Gasteiger partial charge in [-0.25, -0.2) is 4.98 Å². The lowest BCUT2D eigenvalue weighted by atomic mass is 10.1. The van der Waals surface area contributed by atoms with Crippen LogP contribution in [0.3, 0.4) is 0 Å². The third kappa shape index (κ3) is 2.48. The Morgan fingerprint density at radius 1 is 1.28 bits per heavy atom.